The third kappa shape index (κ3) is 2.96. The lowest BCUT2D eigenvalue weighted by atomic mass is 10.1. The van der Waals surface area contributed by atoms with Gasteiger partial charge in [0.2, 0.25) is 0 Å². The molecule has 0 bridgehead atoms. The van der Waals surface area contributed by atoms with Gasteiger partial charge in [-0.15, -0.1) is 11.3 Å². The zero-order chi connectivity index (χ0) is 17.4. The molecule has 0 atom stereocenters. The molecule has 3 rings (SSSR count). The van der Waals surface area contributed by atoms with Crippen molar-refractivity contribution in [3.8, 4) is 0 Å². The minimum Gasteiger partial charge on any atom is -0.273 e. The molecule has 5 nitrogen and oxygen atoms in total. The van der Waals surface area contributed by atoms with Crippen LogP contribution in [-0.2, 0) is 9.59 Å². The maximum atomic E-state index is 12.7. The van der Waals surface area contributed by atoms with E-state index in [1.807, 2.05) is 13.0 Å². The van der Waals surface area contributed by atoms with Crippen LogP contribution in [0.4, 0.5) is 10.5 Å². The SMILES string of the molecule is Cc1ccc(/C=C2\C(=O)NC(=O)N(c3cccc(Cl)c3Cl)C2=O)s1. The smallest absolute Gasteiger partial charge is 0.273 e. The fourth-order valence-corrected chi connectivity index (χ4v) is 3.42. The number of carbonyl (C=O) groups excluding carboxylic acids is 3. The molecule has 0 unspecified atom stereocenters. The lowest BCUT2D eigenvalue weighted by molar-refractivity contribution is -0.122. The number of halogens is 2. The molecule has 1 aliphatic rings. The van der Waals surface area contributed by atoms with Gasteiger partial charge in [0.05, 0.1) is 15.7 Å². The van der Waals surface area contributed by atoms with Gasteiger partial charge < -0.3 is 0 Å². The number of aryl methyl sites for hydroxylation is 1. The maximum Gasteiger partial charge on any atom is 0.336 e. The first-order valence-corrected chi connectivity index (χ1v) is 8.37. The Balaban J connectivity index is 2.06. The number of urea groups is 1. The van der Waals surface area contributed by atoms with Crippen LogP contribution in [0.3, 0.4) is 0 Å². The zero-order valence-corrected chi connectivity index (χ0v) is 14.6. The van der Waals surface area contributed by atoms with E-state index < -0.39 is 17.8 Å². The molecule has 1 aliphatic heterocycles. The molecule has 0 spiro atoms. The molecular formula is C16H10Cl2N2O3S. The fourth-order valence-electron chi connectivity index (χ4n) is 2.21. The van der Waals surface area contributed by atoms with Crippen LogP contribution >= 0.6 is 34.5 Å². The van der Waals surface area contributed by atoms with E-state index in [1.54, 1.807) is 12.1 Å². The van der Waals surface area contributed by atoms with E-state index in [-0.39, 0.29) is 21.3 Å². The van der Waals surface area contributed by atoms with Gasteiger partial charge in [-0.25, -0.2) is 9.69 Å². The number of hydrogen-bond donors (Lipinski definition) is 1. The van der Waals surface area contributed by atoms with Crippen molar-refractivity contribution >= 4 is 64.1 Å². The van der Waals surface area contributed by atoms with E-state index in [0.29, 0.717) is 0 Å². The van der Waals surface area contributed by atoms with Crippen LogP contribution in [-0.4, -0.2) is 17.8 Å². The molecule has 8 heteroatoms. The second kappa shape index (κ2) is 6.39. The number of benzene rings is 1. The van der Waals surface area contributed by atoms with Crippen molar-refractivity contribution in [2.24, 2.45) is 0 Å². The molecule has 2 heterocycles. The normalized spacial score (nSPS) is 16.7. The second-order valence-corrected chi connectivity index (χ2v) is 7.08. The van der Waals surface area contributed by atoms with E-state index >= 15 is 0 Å². The van der Waals surface area contributed by atoms with Gasteiger partial charge in [-0.3, -0.25) is 14.9 Å². The van der Waals surface area contributed by atoms with Gasteiger partial charge >= 0.3 is 6.03 Å². The quantitative estimate of drug-likeness (QED) is 0.631. The largest absolute Gasteiger partial charge is 0.336 e. The highest BCUT2D eigenvalue weighted by molar-refractivity contribution is 7.12. The monoisotopic (exact) mass is 380 g/mol. The molecule has 1 N–H and O–H groups in total. The number of rotatable bonds is 2. The van der Waals surface area contributed by atoms with Crippen LogP contribution in [0.1, 0.15) is 9.75 Å². The lowest BCUT2D eigenvalue weighted by Crippen LogP contribution is -2.54. The Kier molecular flexibility index (Phi) is 4.45. The van der Waals surface area contributed by atoms with Gasteiger partial charge in [0, 0.05) is 9.75 Å². The number of imide groups is 2. The summed E-state index contributed by atoms with van der Waals surface area (Å²) < 4.78 is 0. The molecular weight excluding hydrogens is 371 g/mol. The molecule has 4 amide bonds. The summed E-state index contributed by atoms with van der Waals surface area (Å²) in [6.07, 6.45) is 1.45. The van der Waals surface area contributed by atoms with E-state index in [2.05, 4.69) is 5.32 Å². The van der Waals surface area contributed by atoms with Crippen molar-refractivity contribution in [3.63, 3.8) is 0 Å². The summed E-state index contributed by atoms with van der Waals surface area (Å²) in [6.45, 7) is 1.91. The van der Waals surface area contributed by atoms with Crippen LogP contribution in [0.5, 0.6) is 0 Å². The topological polar surface area (TPSA) is 66.5 Å². The molecule has 0 saturated carbocycles. The highest BCUT2D eigenvalue weighted by atomic mass is 35.5. The Morgan fingerprint density at radius 2 is 1.88 bits per heavy atom. The van der Waals surface area contributed by atoms with E-state index in [9.17, 15) is 14.4 Å². The molecule has 1 saturated heterocycles. The summed E-state index contributed by atoms with van der Waals surface area (Å²) >= 11 is 13.5. The van der Waals surface area contributed by atoms with Crippen molar-refractivity contribution in [2.45, 2.75) is 6.92 Å². The fraction of sp³-hybridized carbons (Fsp3) is 0.0625. The average molecular weight is 381 g/mol. The molecule has 0 radical (unpaired) electrons. The van der Waals surface area contributed by atoms with Crippen molar-refractivity contribution in [1.82, 2.24) is 5.32 Å². The first-order valence-electron chi connectivity index (χ1n) is 6.80. The minimum atomic E-state index is -0.867. The summed E-state index contributed by atoms with van der Waals surface area (Å²) in [5, 5.41) is 2.40. The number of nitrogens with one attached hydrogen (secondary N) is 1. The predicted octanol–water partition coefficient (Wildman–Crippen LogP) is 4.03. The zero-order valence-electron chi connectivity index (χ0n) is 12.3. The number of anilines is 1. The Labute approximate surface area is 151 Å². The van der Waals surface area contributed by atoms with E-state index in [4.69, 9.17) is 23.2 Å². The van der Waals surface area contributed by atoms with E-state index in [1.165, 1.54) is 29.5 Å². The van der Waals surface area contributed by atoms with Gasteiger partial charge in [-0.05, 0) is 37.3 Å². The predicted molar refractivity (Wildman–Crippen MR) is 94.5 cm³/mol. The molecule has 0 aliphatic carbocycles. The highest BCUT2D eigenvalue weighted by Crippen LogP contribution is 2.34. The minimum absolute atomic E-state index is 0.0586. The number of barbiturate groups is 1. The van der Waals surface area contributed by atoms with Crippen LogP contribution in [0, 0.1) is 6.92 Å². The van der Waals surface area contributed by atoms with Gasteiger partial charge in [0.1, 0.15) is 5.57 Å². The summed E-state index contributed by atoms with van der Waals surface area (Å²) in [7, 11) is 0. The van der Waals surface area contributed by atoms with Gasteiger partial charge in [-0.2, -0.15) is 0 Å². The Bertz CT molecular complexity index is 904. The Morgan fingerprint density at radius 3 is 2.54 bits per heavy atom. The van der Waals surface area contributed by atoms with Crippen LogP contribution in [0.2, 0.25) is 10.0 Å². The van der Waals surface area contributed by atoms with Crippen molar-refractivity contribution < 1.29 is 14.4 Å². The average Bonchev–Trinajstić information content (AvgIpc) is 2.93. The third-order valence-corrected chi connectivity index (χ3v) is 5.08. The Morgan fingerprint density at radius 1 is 1.12 bits per heavy atom. The lowest BCUT2D eigenvalue weighted by Gasteiger charge is -2.27. The van der Waals surface area contributed by atoms with Crippen molar-refractivity contribution in [3.05, 3.63) is 55.7 Å². The summed E-state index contributed by atoms with van der Waals surface area (Å²) in [6, 6.07) is 7.38. The van der Waals surface area contributed by atoms with Crippen LogP contribution < -0.4 is 10.2 Å². The Hall–Kier alpha value is -2.15. The molecule has 122 valence electrons. The van der Waals surface area contributed by atoms with Crippen molar-refractivity contribution in [1.29, 1.82) is 0 Å². The van der Waals surface area contributed by atoms with Crippen molar-refractivity contribution in [2.75, 3.05) is 4.90 Å². The third-order valence-electron chi connectivity index (χ3n) is 3.32. The van der Waals surface area contributed by atoms with E-state index in [0.717, 1.165) is 14.7 Å². The van der Waals surface area contributed by atoms with Crippen LogP contribution in [0.15, 0.2) is 35.9 Å². The highest BCUT2D eigenvalue weighted by Gasteiger charge is 2.38. The maximum absolute atomic E-state index is 12.7. The van der Waals surface area contributed by atoms with Crippen LogP contribution in [0.25, 0.3) is 6.08 Å². The number of nitrogens with zero attached hydrogens (tertiary/aromatic N) is 1. The molecule has 2 aromatic rings. The summed E-state index contributed by atoms with van der Waals surface area (Å²) in [4.78, 5) is 39.5. The van der Waals surface area contributed by atoms with Gasteiger partial charge in [0.25, 0.3) is 11.8 Å². The number of amides is 4. The first kappa shape index (κ1) is 16.7. The molecule has 1 aromatic heterocycles. The summed E-state index contributed by atoms with van der Waals surface area (Å²) in [5.74, 6) is -1.50. The number of carbonyl (C=O) groups is 3. The standard InChI is InChI=1S/C16H10Cl2N2O3S/c1-8-5-6-9(24-8)7-10-14(21)19-16(23)20(15(10)22)12-4-2-3-11(17)13(12)18/h2-7H,1H3,(H,19,21,23)/b10-7+. The number of hydrogen-bond acceptors (Lipinski definition) is 4. The molecule has 24 heavy (non-hydrogen) atoms. The molecule has 1 fully saturated rings. The number of thiophene rings is 1. The summed E-state index contributed by atoms with van der Waals surface area (Å²) in [5.41, 5.74) is -0.0279. The molecule has 1 aromatic carbocycles. The first-order chi connectivity index (χ1) is 11.4. The van der Waals surface area contributed by atoms with Gasteiger partial charge in [-0.1, -0.05) is 29.3 Å². The van der Waals surface area contributed by atoms with Gasteiger partial charge in [0.15, 0.2) is 0 Å². The second-order valence-electron chi connectivity index (χ2n) is 4.98.